The summed E-state index contributed by atoms with van der Waals surface area (Å²) >= 11 is 0. The molecule has 17 heavy (non-hydrogen) atoms. The Balaban J connectivity index is 2.14. The number of rotatable bonds is 0. The first kappa shape index (κ1) is 12.5. The van der Waals surface area contributed by atoms with E-state index < -0.39 is 0 Å². The van der Waals surface area contributed by atoms with Crippen LogP contribution in [0.1, 0.15) is 17.0 Å². The molecule has 2 heterocycles. The van der Waals surface area contributed by atoms with Crippen LogP contribution in [0, 0.1) is 6.92 Å². The van der Waals surface area contributed by atoms with Gasteiger partial charge in [0, 0.05) is 39.3 Å². The highest BCUT2D eigenvalue weighted by Crippen LogP contribution is 2.07. The minimum atomic E-state index is 0.861. The molecule has 0 unspecified atom stereocenters. The molecule has 0 amide bonds. The molecule has 0 saturated heterocycles. The summed E-state index contributed by atoms with van der Waals surface area (Å²) < 4.78 is 0. The molecule has 4 heteroatoms. The summed E-state index contributed by atoms with van der Waals surface area (Å²) in [6.07, 6.45) is 0. The Morgan fingerprint density at radius 2 is 1.88 bits per heavy atom. The van der Waals surface area contributed by atoms with Crippen molar-refractivity contribution in [3.05, 3.63) is 29.1 Å². The number of pyridine rings is 1. The average Bonchev–Trinajstić information content (AvgIpc) is 2.25. The number of fused-ring (bicyclic) bond motifs is 2. The lowest BCUT2D eigenvalue weighted by molar-refractivity contribution is 0.319. The van der Waals surface area contributed by atoms with Gasteiger partial charge in [-0.2, -0.15) is 0 Å². The van der Waals surface area contributed by atoms with Gasteiger partial charge in [0.2, 0.25) is 0 Å². The van der Waals surface area contributed by atoms with Crippen molar-refractivity contribution in [2.24, 2.45) is 0 Å². The summed E-state index contributed by atoms with van der Waals surface area (Å²) in [6.45, 7) is 8.04. The molecule has 2 bridgehead atoms. The molecular weight excluding hydrogens is 212 g/mol. The van der Waals surface area contributed by atoms with Crippen molar-refractivity contribution >= 4 is 0 Å². The minimum absolute atomic E-state index is 0.861. The van der Waals surface area contributed by atoms with Crippen molar-refractivity contribution in [2.45, 2.75) is 20.0 Å². The predicted octanol–water partition coefficient (Wildman–Crippen LogP) is 0.515. The van der Waals surface area contributed by atoms with Crippen molar-refractivity contribution in [1.29, 1.82) is 0 Å². The SMILES string of the molecule is Cc1cc2nc(c1)CN(C)CCNCCNC2. The van der Waals surface area contributed by atoms with Crippen molar-refractivity contribution in [3.8, 4) is 0 Å². The molecule has 0 aliphatic carbocycles. The number of hydrogen-bond acceptors (Lipinski definition) is 4. The molecule has 2 N–H and O–H groups in total. The topological polar surface area (TPSA) is 40.2 Å². The van der Waals surface area contributed by atoms with Crippen LogP contribution in [-0.4, -0.2) is 43.1 Å². The van der Waals surface area contributed by atoms with Gasteiger partial charge >= 0.3 is 0 Å². The Hall–Kier alpha value is -0.970. The lowest BCUT2D eigenvalue weighted by atomic mass is 10.2. The molecule has 0 saturated carbocycles. The second kappa shape index (κ2) is 6.10. The Kier molecular flexibility index (Phi) is 4.48. The fourth-order valence-corrected chi connectivity index (χ4v) is 2.13. The summed E-state index contributed by atoms with van der Waals surface area (Å²) in [4.78, 5) is 7.01. The smallest absolute Gasteiger partial charge is 0.0550 e. The van der Waals surface area contributed by atoms with Gasteiger partial charge in [-0.25, -0.2) is 0 Å². The van der Waals surface area contributed by atoms with E-state index in [1.54, 1.807) is 0 Å². The molecular formula is C13H22N4. The third kappa shape index (κ3) is 4.07. The van der Waals surface area contributed by atoms with Crippen LogP contribution < -0.4 is 10.6 Å². The summed E-state index contributed by atoms with van der Waals surface area (Å²) in [5.41, 5.74) is 3.62. The van der Waals surface area contributed by atoms with Crippen molar-refractivity contribution in [1.82, 2.24) is 20.5 Å². The van der Waals surface area contributed by atoms with Crippen LogP contribution in [0.2, 0.25) is 0 Å². The van der Waals surface area contributed by atoms with Crippen LogP contribution in [0.4, 0.5) is 0 Å². The fraction of sp³-hybridized carbons (Fsp3) is 0.615. The van der Waals surface area contributed by atoms with Gasteiger partial charge in [-0.15, -0.1) is 0 Å². The largest absolute Gasteiger partial charge is 0.314 e. The summed E-state index contributed by atoms with van der Waals surface area (Å²) in [6, 6.07) is 4.34. The highest BCUT2D eigenvalue weighted by Gasteiger charge is 2.05. The molecule has 0 atom stereocenters. The zero-order chi connectivity index (χ0) is 12.1. The number of aromatic nitrogens is 1. The zero-order valence-electron chi connectivity index (χ0n) is 10.8. The standard InChI is InChI=1S/C13H22N4/c1-11-7-12-9-15-4-3-14-5-6-17(2)10-13(8-11)16-12/h7-8,14-15H,3-6,9-10H2,1-2H3. The Labute approximate surface area is 103 Å². The maximum atomic E-state index is 4.69. The van der Waals surface area contributed by atoms with E-state index in [4.69, 9.17) is 4.98 Å². The Morgan fingerprint density at radius 3 is 2.76 bits per heavy atom. The van der Waals surface area contributed by atoms with E-state index in [2.05, 4.69) is 41.6 Å². The van der Waals surface area contributed by atoms with Crippen molar-refractivity contribution < 1.29 is 0 Å². The molecule has 0 aromatic carbocycles. The van der Waals surface area contributed by atoms with E-state index in [1.807, 2.05) is 0 Å². The number of nitrogens with zero attached hydrogens (tertiary/aromatic N) is 2. The number of nitrogens with one attached hydrogen (secondary N) is 2. The maximum Gasteiger partial charge on any atom is 0.0550 e. The van der Waals surface area contributed by atoms with E-state index in [0.717, 1.165) is 45.0 Å². The number of aryl methyl sites for hydroxylation is 1. The molecule has 1 aromatic heterocycles. The highest BCUT2D eigenvalue weighted by atomic mass is 15.1. The van der Waals surface area contributed by atoms with E-state index >= 15 is 0 Å². The van der Waals surface area contributed by atoms with Gasteiger partial charge < -0.3 is 10.6 Å². The summed E-state index contributed by atoms with van der Waals surface area (Å²) in [7, 11) is 2.15. The Morgan fingerprint density at radius 1 is 1.12 bits per heavy atom. The fourth-order valence-electron chi connectivity index (χ4n) is 2.13. The summed E-state index contributed by atoms with van der Waals surface area (Å²) in [5.74, 6) is 0. The van der Waals surface area contributed by atoms with Gasteiger partial charge in [0.15, 0.2) is 0 Å². The van der Waals surface area contributed by atoms with Gasteiger partial charge in [0.05, 0.1) is 11.4 Å². The van der Waals surface area contributed by atoms with Crippen LogP contribution in [-0.2, 0) is 13.1 Å². The van der Waals surface area contributed by atoms with E-state index in [-0.39, 0.29) is 0 Å². The van der Waals surface area contributed by atoms with Crippen molar-refractivity contribution in [3.63, 3.8) is 0 Å². The molecule has 1 aromatic rings. The molecule has 1 aliphatic heterocycles. The van der Waals surface area contributed by atoms with Gasteiger partial charge in [-0.1, -0.05) is 0 Å². The molecule has 94 valence electrons. The van der Waals surface area contributed by atoms with E-state index in [0.29, 0.717) is 0 Å². The molecule has 0 spiro atoms. The normalized spacial score (nSPS) is 19.4. The van der Waals surface area contributed by atoms with Gasteiger partial charge in [0.1, 0.15) is 0 Å². The second-order valence-corrected chi connectivity index (χ2v) is 4.79. The minimum Gasteiger partial charge on any atom is -0.314 e. The van der Waals surface area contributed by atoms with Gasteiger partial charge in [0.25, 0.3) is 0 Å². The van der Waals surface area contributed by atoms with E-state index in [9.17, 15) is 0 Å². The lowest BCUT2D eigenvalue weighted by Crippen LogP contribution is -2.34. The second-order valence-electron chi connectivity index (χ2n) is 4.79. The van der Waals surface area contributed by atoms with Crippen LogP contribution in [0.3, 0.4) is 0 Å². The molecule has 0 fully saturated rings. The first-order valence-corrected chi connectivity index (χ1v) is 6.30. The quantitative estimate of drug-likeness (QED) is 0.686. The maximum absolute atomic E-state index is 4.69. The van der Waals surface area contributed by atoms with Crippen LogP contribution >= 0.6 is 0 Å². The van der Waals surface area contributed by atoms with E-state index in [1.165, 1.54) is 11.3 Å². The molecule has 4 nitrogen and oxygen atoms in total. The zero-order valence-corrected chi connectivity index (χ0v) is 10.8. The lowest BCUT2D eigenvalue weighted by Gasteiger charge is -2.18. The highest BCUT2D eigenvalue weighted by molar-refractivity contribution is 5.20. The van der Waals surface area contributed by atoms with Gasteiger partial charge in [-0.3, -0.25) is 9.88 Å². The third-order valence-electron chi connectivity index (χ3n) is 2.96. The summed E-state index contributed by atoms with van der Waals surface area (Å²) in [5, 5.41) is 6.84. The van der Waals surface area contributed by atoms with Crippen LogP contribution in [0.15, 0.2) is 12.1 Å². The number of hydrogen-bond donors (Lipinski definition) is 2. The number of likely N-dealkylation sites (N-methyl/N-ethyl adjacent to an activating group) is 1. The van der Waals surface area contributed by atoms with Gasteiger partial charge in [-0.05, 0) is 31.7 Å². The first-order chi connectivity index (χ1) is 8.24. The van der Waals surface area contributed by atoms with Crippen molar-refractivity contribution in [2.75, 3.05) is 33.2 Å². The molecule has 1 aliphatic rings. The van der Waals surface area contributed by atoms with Crippen LogP contribution in [0.25, 0.3) is 0 Å². The monoisotopic (exact) mass is 234 g/mol. The molecule has 2 rings (SSSR count). The Bertz CT molecular complexity index is 364. The first-order valence-electron chi connectivity index (χ1n) is 6.30. The average molecular weight is 234 g/mol. The third-order valence-corrected chi connectivity index (χ3v) is 2.96. The predicted molar refractivity (Wildman–Crippen MR) is 69.9 cm³/mol. The van der Waals surface area contributed by atoms with Crippen LogP contribution in [0.5, 0.6) is 0 Å². The molecule has 0 radical (unpaired) electrons.